The molecule has 2 aromatic carbocycles. The van der Waals surface area contributed by atoms with E-state index in [1.165, 1.54) is 31.2 Å². The van der Waals surface area contributed by atoms with Gasteiger partial charge >= 0.3 is 7.60 Å². The van der Waals surface area contributed by atoms with E-state index in [2.05, 4.69) is 16.0 Å². The fourth-order valence-corrected chi connectivity index (χ4v) is 4.40. The predicted octanol–water partition coefficient (Wildman–Crippen LogP) is 1.54. The Morgan fingerprint density at radius 2 is 1.51 bits per heavy atom. The zero-order valence-electron chi connectivity index (χ0n) is 20.9. The van der Waals surface area contributed by atoms with Crippen LogP contribution in [0.15, 0.2) is 48.5 Å². The first-order chi connectivity index (χ1) is 17.3. The molecule has 0 heterocycles. The third-order valence-corrected chi connectivity index (χ3v) is 7.11. The van der Waals surface area contributed by atoms with Crippen molar-refractivity contribution in [3.8, 4) is 11.5 Å². The van der Waals surface area contributed by atoms with Crippen molar-refractivity contribution in [3.05, 3.63) is 59.7 Å². The quantitative estimate of drug-likeness (QED) is 0.200. The second kappa shape index (κ2) is 13.2. The number of amides is 3. The maximum atomic E-state index is 13.3. The van der Waals surface area contributed by atoms with Gasteiger partial charge in [0.05, 0.1) is 0 Å². The number of phenols is 2. The average Bonchev–Trinajstić information content (AvgIpc) is 2.82. The van der Waals surface area contributed by atoms with Crippen LogP contribution in [0, 0.1) is 5.92 Å². The van der Waals surface area contributed by atoms with Crippen molar-refractivity contribution in [2.45, 2.75) is 57.9 Å². The van der Waals surface area contributed by atoms with E-state index in [1.54, 1.807) is 31.2 Å². The highest BCUT2D eigenvalue weighted by Crippen LogP contribution is 2.42. The zero-order valence-corrected chi connectivity index (χ0v) is 21.8. The molecule has 0 fully saturated rings. The number of carbonyl (C=O) groups excluding carboxylic acids is 3. The van der Waals surface area contributed by atoms with Gasteiger partial charge in [0.2, 0.25) is 17.7 Å². The largest absolute Gasteiger partial charge is 0.508 e. The standard InChI is InChI=1S/C25H34N3O8P/c1-4-15(2)23(26-16(3)29)25(33)27-20(13-17-9-11-19(30)12-10-17)24(32)28-22(37(34,35)36)14-18-7-5-6-8-21(18)31/h5-12,15,20,22-23,30-31H,4,13-14H2,1-3H3,(H,26,29)(H,27,33)(H,28,32)(H2,34,35,36)/t15-,20-,22+,23-/m0/s1. The monoisotopic (exact) mass is 535 g/mol. The van der Waals surface area contributed by atoms with Gasteiger partial charge in [-0.3, -0.25) is 18.9 Å². The molecule has 3 amide bonds. The smallest absolute Gasteiger partial charge is 0.347 e. The molecule has 0 saturated carbocycles. The predicted molar refractivity (Wildman–Crippen MR) is 137 cm³/mol. The van der Waals surface area contributed by atoms with Crippen LogP contribution in [-0.2, 0) is 31.8 Å². The van der Waals surface area contributed by atoms with Crippen molar-refractivity contribution in [3.63, 3.8) is 0 Å². The van der Waals surface area contributed by atoms with E-state index in [1.807, 2.05) is 6.92 Å². The van der Waals surface area contributed by atoms with Crippen molar-refractivity contribution in [1.29, 1.82) is 0 Å². The van der Waals surface area contributed by atoms with Crippen LogP contribution in [0.3, 0.4) is 0 Å². The van der Waals surface area contributed by atoms with Crippen LogP contribution in [0.4, 0.5) is 0 Å². The number of nitrogens with one attached hydrogen (secondary N) is 3. The van der Waals surface area contributed by atoms with Gasteiger partial charge in [-0.25, -0.2) is 0 Å². The van der Waals surface area contributed by atoms with Gasteiger partial charge in [0.25, 0.3) is 0 Å². The number of hydrogen-bond donors (Lipinski definition) is 7. The maximum absolute atomic E-state index is 13.3. The summed E-state index contributed by atoms with van der Waals surface area (Å²) in [7, 11) is -4.88. The van der Waals surface area contributed by atoms with Gasteiger partial charge < -0.3 is 36.0 Å². The topological polar surface area (TPSA) is 185 Å². The molecule has 0 radical (unpaired) electrons. The average molecular weight is 536 g/mol. The molecule has 0 spiro atoms. The fraction of sp³-hybridized carbons (Fsp3) is 0.400. The molecule has 202 valence electrons. The highest BCUT2D eigenvalue weighted by atomic mass is 31.2. The Bertz CT molecular complexity index is 1140. The van der Waals surface area contributed by atoms with Gasteiger partial charge in [0.15, 0.2) is 0 Å². The molecule has 0 saturated heterocycles. The highest BCUT2D eigenvalue weighted by molar-refractivity contribution is 7.52. The minimum Gasteiger partial charge on any atom is -0.508 e. The molecule has 37 heavy (non-hydrogen) atoms. The lowest BCUT2D eigenvalue weighted by Crippen LogP contribution is -2.57. The first-order valence-corrected chi connectivity index (χ1v) is 13.5. The number of para-hydroxylation sites is 1. The van der Waals surface area contributed by atoms with Gasteiger partial charge in [-0.15, -0.1) is 0 Å². The van der Waals surface area contributed by atoms with E-state index < -0.39 is 43.2 Å². The summed E-state index contributed by atoms with van der Waals surface area (Å²) in [5.41, 5.74) is 0.782. The first-order valence-electron chi connectivity index (χ1n) is 11.8. The summed E-state index contributed by atoms with van der Waals surface area (Å²) < 4.78 is 12.2. The molecule has 0 bridgehead atoms. The third kappa shape index (κ3) is 9.20. The van der Waals surface area contributed by atoms with Crippen LogP contribution in [0.25, 0.3) is 0 Å². The third-order valence-electron chi connectivity index (χ3n) is 5.98. The van der Waals surface area contributed by atoms with Crippen LogP contribution in [0.1, 0.15) is 38.3 Å². The van der Waals surface area contributed by atoms with Gasteiger partial charge in [0.1, 0.15) is 29.4 Å². The van der Waals surface area contributed by atoms with Crippen molar-refractivity contribution in [2.24, 2.45) is 5.92 Å². The maximum Gasteiger partial charge on any atom is 0.347 e. The van der Waals surface area contributed by atoms with Crippen molar-refractivity contribution in [1.82, 2.24) is 16.0 Å². The molecular formula is C25H34N3O8P. The second-order valence-corrected chi connectivity index (χ2v) is 10.7. The molecule has 2 rings (SSSR count). The molecule has 7 N–H and O–H groups in total. The fourth-order valence-electron chi connectivity index (χ4n) is 3.67. The van der Waals surface area contributed by atoms with Crippen LogP contribution in [0.5, 0.6) is 11.5 Å². The second-order valence-electron chi connectivity index (χ2n) is 8.94. The summed E-state index contributed by atoms with van der Waals surface area (Å²) in [4.78, 5) is 57.9. The van der Waals surface area contributed by atoms with Crippen LogP contribution in [-0.4, -0.2) is 55.6 Å². The molecule has 0 aliphatic rings. The number of phenolic OH excluding ortho intramolecular Hbond substituents is 2. The van der Waals surface area contributed by atoms with Crippen LogP contribution >= 0.6 is 7.60 Å². The molecule has 0 unspecified atom stereocenters. The lowest BCUT2D eigenvalue weighted by Gasteiger charge is -2.28. The van der Waals surface area contributed by atoms with Gasteiger partial charge in [0, 0.05) is 19.8 Å². The Kier molecular flexibility index (Phi) is 10.7. The molecule has 4 atom stereocenters. The SMILES string of the molecule is CC[C@H](C)[C@H](NC(C)=O)C(=O)N[C@@H](Cc1ccc(O)cc1)C(=O)N[C@@H](Cc1ccccc1O)P(=O)(O)O. The molecule has 11 nitrogen and oxygen atoms in total. The van der Waals surface area contributed by atoms with Crippen LogP contribution in [0.2, 0.25) is 0 Å². The lowest BCUT2D eigenvalue weighted by molar-refractivity contribution is -0.132. The number of rotatable bonds is 12. The first kappa shape index (κ1) is 29.8. The van der Waals surface area contributed by atoms with E-state index in [0.29, 0.717) is 12.0 Å². The number of hydrogen-bond acceptors (Lipinski definition) is 6. The van der Waals surface area contributed by atoms with E-state index in [0.717, 1.165) is 0 Å². The normalized spacial score (nSPS) is 14.6. The minimum atomic E-state index is -4.88. The summed E-state index contributed by atoms with van der Waals surface area (Å²) in [5.74, 6) is -4.04. The van der Waals surface area contributed by atoms with E-state index >= 15 is 0 Å². The van der Waals surface area contributed by atoms with Crippen molar-refractivity contribution < 1.29 is 38.9 Å². The van der Waals surface area contributed by atoms with Gasteiger partial charge in [-0.1, -0.05) is 50.6 Å². The van der Waals surface area contributed by atoms with Crippen molar-refractivity contribution >= 4 is 25.3 Å². The van der Waals surface area contributed by atoms with E-state index in [4.69, 9.17) is 0 Å². The number of benzene rings is 2. The Balaban J connectivity index is 2.34. The van der Waals surface area contributed by atoms with Gasteiger partial charge in [-0.2, -0.15) is 0 Å². The Hall–Kier alpha value is -3.40. The summed E-state index contributed by atoms with van der Waals surface area (Å²) in [6, 6.07) is 9.67. The summed E-state index contributed by atoms with van der Waals surface area (Å²) in [6.07, 6.45) is 0.146. The minimum absolute atomic E-state index is 0.000474. The van der Waals surface area contributed by atoms with Gasteiger partial charge in [-0.05, 0) is 35.2 Å². The summed E-state index contributed by atoms with van der Waals surface area (Å²) >= 11 is 0. The molecule has 2 aromatic rings. The molecule has 0 aliphatic heterocycles. The summed E-state index contributed by atoms with van der Waals surface area (Å²) in [5, 5.41) is 27.1. The number of aromatic hydroxyl groups is 2. The van der Waals surface area contributed by atoms with Crippen molar-refractivity contribution in [2.75, 3.05) is 0 Å². The van der Waals surface area contributed by atoms with E-state index in [9.17, 15) is 38.9 Å². The van der Waals surface area contributed by atoms with E-state index in [-0.39, 0.29) is 35.8 Å². The van der Waals surface area contributed by atoms with Crippen LogP contribution < -0.4 is 16.0 Å². The molecule has 0 aliphatic carbocycles. The summed E-state index contributed by atoms with van der Waals surface area (Å²) in [6.45, 7) is 4.88. The number of carbonyl (C=O) groups is 3. The zero-order chi connectivity index (χ0) is 27.8. The Labute approximate surface area is 215 Å². The molecule has 0 aromatic heterocycles. The Morgan fingerprint density at radius 3 is 2.05 bits per heavy atom. The molecule has 12 heteroatoms. The Morgan fingerprint density at radius 1 is 0.892 bits per heavy atom. The lowest BCUT2D eigenvalue weighted by atomic mass is 9.97. The highest BCUT2D eigenvalue weighted by Gasteiger charge is 2.35. The molecular weight excluding hydrogens is 501 g/mol.